The van der Waals surface area contributed by atoms with Gasteiger partial charge in [-0.2, -0.15) is 0 Å². The van der Waals surface area contributed by atoms with E-state index in [1.807, 2.05) is 68.4 Å². The SMILES string of the molecule is Cc1cc(C)nc(Cc2nc(-c3ccccc3)c3cc(Cl)ccc3n2)n1. The van der Waals surface area contributed by atoms with E-state index in [9.17, 15) is 0 Å². The molecular formula is C21H17ClN4. The number of halogens is 1. The summed E-state index contributed by atoms with van der Waals surface area (Å²) in [6.45, 7) is 3.94. The molecular weight excluding hydrogens is 344 g/mol. The van der Waals surface area contributed by atoms with Crippen molar-refractivity contribution in [2.24, 2.45) is 0 Å². The van der Waals surface area contributed by atoms with Crippen LogP contribution in [0.2, 0.25) is 5.02 Å². The molecule has 4 aromatic rings. The van der Waals surface area contributed by atoms with Gasteiger partial charge in [0.25, 0.3) is 0 Å². The standard InChI is InChI=1S/C21H17ClN4/c1-13-10-14(2)24-19(23-13)12-20-25-18-9-8-16(22)11-17(18)21(26-20)15-6-4-3-5-7-15/h3-11H,12H2,1-2H3. The minimum atomic E-state index is 0.487. The Morgan fingerprint density at radius 1 is 0.769 bits per heavy atom. The van der Waals surface area contributed by atoms with E-state index in [0.717, 1.165) is 39.4 Å². The van der Waals surface area contributed by atoms with Crippen molar-refractivity contribution >= 4 is 22.5 Å². The number of hydrogen-bond donors (Lipinski definition) is 0. The van der Waals surface area contributed by atoms with Crippen LogP contribution in [0.1, 0.15) is 23.0 Å². The molecule has 0 amide bonds. The molecule has 0 N–H and O–H groups in total. The lowest BCUT2D eigenvalue weighted by Gasteiger charge is -2.10. The smallest absolute Gasteiger partial charge is 0.137 e. The first-order valence-corrected chi connectivity index (χ1v) is 8.79. The van der Waals surface area contributed by atoms with Crippen molar-refractivity contribution in [3.05, 3.63) is 82.7 Å². The van der Waals surface area contributed by atoms with Gasteiger partial charge in [0.1, 0.15) is 11.6 Å². The topological polar surface area (TPSA) is 51.6 Å². The summed E-state index contributed by atoms with van der Waals surface area (Å²) in [7, 11) is 0. The van der Waals surface area contributed by atoms with Crippen molar-refractivity contribution in [2.75, 3.05) is 0 Å². The lowest BCUT2D eigenvalue weighted by molar-refractivity contribution is 0.872. The van der Waals surface area contributed by atoms with Crippen LogP contribution in [0.25, 0.3) is 22.2 Å². The van der Waals surface area contributed by atoms with Crippen LogP contribution in [0.5, 0.6) is 0 Å². The molecule has 26 heavy (non-hydrogen) atoms. The molecule has 2 aromatic carbocycles. The van der Waals surface area contributed by atoms with Crippen LogP contribution in [0.3, 0.4) is 0 Å². The summed E-state index contributed by atoms with van der Waals surface area (Å²) in [5, 5.41) is 1.61. The molecule has 5 heteroatoms. The number of rotatable bonds is 3. The molecule has 0 saturated carbocycles. The number of aryl methyl sites for hydroxylation is 2. The van der Waals surface area contributed by atoms with Crippen molar-refractivity contribution in [2.45, 2.75) is 20.3 Å². The lowest BCUT2D eigenvalue weighted by atomic mass is 10.1. The highest BCUT2D eigenvalue weighted by molar-refractivity contribution is 6.31. The zero-order chi connectivity index (χ0) is 18.1. The summed E-state index contributed by atoms with van der Waals surface area (Å²) < 4.78 is 0. The highest BCUT2D eigenvalue weighted by atomic mass is 35.5. The molecule has 4 rings (SSSR count). The fraction of sp³-hybridized carbons (Fsp3) is 0.143. The highest BCUT2D eigenvalue weighted by Gasteiger charge is 2.12. The largest absolute Gasteiger partial charge is 0.238 e. The molecule has 0 aliphatic heterocycles. The third-order valence-corrected chi connectivity index (χ3v) is 4.33. The summed E-state index contributed by atoms with van der Waals surface area (Å²) in [6, 6.07) is 17.7. The van der Waals surface area contributed by atoms with E-state index in [2.05, 4.69) is 9.97 Å². The highest BCUT2D eigenvalue weighted by Crippen LogP contribution is 2.28. The number of benzene rings is 2. The van der Waals surface area contributed by atoms with Gasteiger partial charge >= 0.3 is 0 Å². The second-order valence-electron chi connectivity index (χ2n) is 6.26. The number of fused-ring (bicyclic) bond motifs is 1. The lowest BCUT2D eigenvalue weighted by Crippen LogP contribution is -2.05. The van der Waals surface area contributed by atoms with Crippen LogP contribution in [0.15, 0.2) is 54.6 Å². The van der Waals surface area contributed by atoms with Crippen molar-refractivity contribution in [1.29, 1.82) is 0 Å². The Morgan fingerprint density at radius 2 is 1.46 bits per heavy atom. The molecule has 0 fully saturated rings. The minimum Gasteiger partial charge on any atom is -0.238 e. The summed E-state index contributed by atoms with van der Waals surface area (Å²) in [4.78, 5) is 18.6. The minimum absolute atomic E-state index is 0.487. The van der Waals surface area contributed by atoms with Crippen LogP contribution in [0, 0.1) is 13.8 Å². The van der Waals surface area contributed by atoms with E-state index in [4.69, 9.17) is 21.6 Å². The normalized spacial score (nSPS) is 11.0. The third-order valence-electron chi connectivity index (χ3n) is 4.10. The van der Waals surface area contributed by atoms with E-state index in [1.54, 1.807) is 0 Å². The molecule has 128 valence electrons. The van der Waals surface area contributed by atoms with Gasteiger partial charge in [0.05, 0.1) is 17.6 Å². The first kappa shape index (κ1) is 16.6. The number of nitrogens with zero attached hydrogens (tertiary/aromatic N) is 4. The third kappa shape index (κ3) is 3.41. The Balaban J connectivity index is 1.87. The quantitative estimate of drug-likeness (QED) is 0.518. The monoisotopic (exact) mass is 360 g/mol. The molecule has 0 radical (unpaired) electrons. The maximum atomic E-state index is 6.21. The Morgan fingerprint density at radius 3 is 2.19 bits per heavy atom. The van der Waals surface area contributed by atoms with Gasteiger partial charge < -0.3 is 0 Å². The van der Waals surface area contributed by atoms with Gasteiger partial charge in [0.15, 0.2) is 0 Å². The summed E-state index contributed by atoms with van der Waals surface area (Å²) in [5.74, 6) is 1.43. The van der Waals surface area contributed by atoms with Gasteiger partial charge in [-0.1, -0.05) is 41.9 Å². The van der Waals surface area contributed by atoms with Crippen LogP contribution in [-0.4, -0.2) is 19.9 Å². The zero-order valence-electron chi connectivity index (χ0n) is 14.6. The van der Waals surface area contributed by atoms with Gasteiger partial charge in [-0.05, 0) is 38.1 Å². The first-order valence-electron chi connectivity index (χ1n) is 8.41. The second-order valence-corrected chi connectivity index (χ2v) is 6.70. The predicted molar refractivity (Wildman–Crippen MR) is 104 cm³/mol. The van der Waals surface area contributed by atoms with Crippen molar-refractivity contribution < 1.29 is 0 Å². The van der Waals surface area contributed by atoms with E-state index < -0.39 is 0 Å². The van der Waals surface area contributed by atoms with Crippen molar-refractivity contribution in [3.63, 3.8) is 0 Å². The Labute approximate surface area is 157 Å². The molecule has 0 unspecified atom stereocenters. The van der Waals surface area contributed by atoms with E-state index in [1.165, 1.54) is 0 Å². The van der Waals surface area contributed by atoms with Crippen molar-refractivity contribution in [3.8, 4) is 11.3 Å². The molecule has 0 aliphatic rings. The molecule has 4 nitrogen and oxygen atoms in total. The van der Waals surface area contributed by atoms with Crippen LogP contribution >= 0.6 is 11.6 Å². The first-order chi connectivity index (χ1) is 12.6. The fourth-order valence-electron chi connectivity index (χ4n) is 3.06. The molecule has 2 heterocycles. The van der Waals surface area contributed by atoms with Gasteiger partial charge in [-0.3, -0.25) is 0 Å². The molecule has 0 spiro atoms. The molecule has 0 atom stereocenters. The van der Waals surface area contributed by atoms with E-state index >= 15 is 0 Å². The summed E-state index contributed by atoms with van der Waals surface area (Å²) >= 11 is 6.21. The van der Waals surface area contributed by atoms with Gasteiger partial charge in [-0.25, -0.2) is 19.9 Å². The van der Waals surface area contributed by atoms with Crippen LogP contribution in [-0.2, 0) is 6.42 Å². The fourth-order valence-corrected chi connectivity index (χ4v) is 3.24. The Kier molecular flexibility index (Phi) is 4.35. The summed E-state index contributed by atoms with van der Waals surface area (Å²) in [5.41, 5.74) is 4.66. The number of aromatic nitrogens is 4. The second kappa shape index (κ2) is 6.81. The Bertz CT molecular complexity index is 1070. The van der Waals surface area contributed by atoms with Crippen LogP contribution in [0.4, 0.5) is 0 Å². The van der Waals surface area contributed by atoms with Gasteiger partial charge in [0.2, 0.25) is 0 Å². The average molecular weight is 361 g/mol. The maximum Gasteiger partial charge on any atom is 0.137 e. The Hall–Kier alpha value is -2.85. The molecule has 2 aromatic heterocycles. The predicted octanol–water partition coefficient (Wildman–Crippen LogP) is 4.95. The zero-order valence-corrected chi connectivity index (χ0v) is 15.3. The van der Waals surface area contributed by atoms with Crippen LogP contribution < -0.4 is 0 Å². The molecule has 0 aliphatic carbocycles. The maximum absolute atomic E-state index is 6.21. The summed E-state index contributed by atoms with van der Waals surface area (Å²) in [6.07, 6.45) is 0.487. The van der Waals surface area contributed by atoms with E-state index in [-0.39, 0.29) is 0 Å². The van der Waals surface area contributed by atoms with Crippen molar-refractivity contribution in [1.82, 2.24) is 19.9 Å². The average Bonchev–Trinajstić information content (AvgIpc) is 2.61. The molecule has 0 bridgehead atoms. The van der Waals surface area contributed by atoms with E-state index in [0.29, 0.717) is 17.3 Å². The molecule has 0 saturated heterocycles. The van der Waals surface area contributed by atoms with Gasteiger partial charge in [-0.15, -0.1) is 0 Å². The number of hydrogen-bond acceptors (Lipinski definition) is 4. The van der Waals surface area contributed by atoms with Gasteiger partial charge in [0, 0.05) is 27.4 Å².